The number of anilines is 2. The Balaban J connectivity index is 1.36. The van der Waals surface area contributed by atoms with E-state index in [9.17, 15) is 13.2 Å². The zero-order valence-electron chi connectivity index (χ0n) is 14.8. The molecule has 0 unspecified atom stereocenters. The third-order valence-corrected chi connectivity index (χ3v) is 6.92. The van der Waals surface area contributed by atoms with Gasteiger partial charge in [0.2, 0.25) is 11.9 Å². The van der Waals surface area contributed by atoms with Gasteiger partial charge in [-0.2, -0.15) is 0 Å². The van der Waals surface area contributed by atoms with Crippen LogP contribution in [0.1, 0.15) is 32.1 Å². The summed E-state index contributed by atoms with van der Waals surface area (Å²) in [4.78, 5) is 20.1. The SMILES string of the molecule is O=C(C[C@H]1C[C@H]2CC[C@H]1C2)Nc1ccc(S(=O)(=O)Nc2ncccn2)cc1. The maximum atomic E-state index is 12.4. The summed E-state index contributed by atoms with van der Waals surface area (Å²) in [6.07, 6.45) is 8.49. The van der Waals surface area contributed by atoms with E-state index in [1.165, 1.54) is 50.2 Å². The van der Waals surface area contributed by atoms with Gasteiger partial charge in [-0.25, -0.2) is 23.1 Å². The first-order valence-electron chi connectivity index (χ1n) is 9.19. The first-order valence-corrected chi connectivity index (χ1v) is 10.7. The molecule has 142 valence electrons. The van der Waals surface area contributed by atoms with Crippen LogP contribution < -0.4 is 10.0 Å². The van der Waals surface area contributed by atoms with E-state index in [4.69, 9.17) is 0 Å². The molecule has 0 saturated heterocycles. The highest BCUT2D eigenvalue weighted by molar-refractivity contribution is 7.92. The predicted molar refractivity (Wildman–Crippen MR) is 101 cm³/mol. The van der Waals surface area contributed by atoms with Gasteiger partial charge < -0.3 is 5.32 Å². The second kappa shape index (κ2) is 7.26. The number of fused-ring (bicyclic) bond motifs is 2. The molecule has 27 heavy (non-hydrogen) atoms. The van der Waals surface area contributed by atoms with Crippen molar-refractivity contribution in [2.24, 2.45) is 17.8 Å². The van der Waals surface area contributed by atoms with E-state index in [1.54, 1.807) is 18.2 Å². The lowest BCUT2D eigenvalue weighted by Gasteiger charge is -2.20. The van der Waals surface area contributed by atoms with Gasteiger partial charge in [-0.05, 0) is 67.3 Å². The summed E-state index contributed by atoms with van der Waals surface area (Å²) >= 11 is 0. The molecule has 0 aliphatic heterocycles. The first-order chi connectivity index (χ1) is 13.0. The minimum absolute atomic E-state index is 0.000956. The van der Waals surface area contributed by atoms with Crippen LogP contribution in [0.4, 0.5) is 11.6 Å². The van der Waals surface area contributed by atoms with Crippen LogP contribution in [0.5, 0.6) is 0 Å². The predicted octanol–water partition coefficient (Wildman–Crippen LogP) is 3.04. The quantitative estimate of drug-likeness (QED) is 0.795. The van der Waals surface area contributed by atoms with Gasteiger partial charge in [-0.15, -0.1) is 0 Å². The maximum Gasteiger partial charge on any atom is 0.264 e. The second-order valence-electron chi connectivity index (χ2n) is 7.39. The van der Waals surface area contributed by atoms with E-state index in [0.717, 1.165) is 5.92 Å². The van der Waals surface area contributed by atoms with Crippen molar-refractivity contribution < 1.29 is 13.2 Å². The molecule has 1 heterocycles. The van der Waals surface area contributed by atoms with Crippen LogP contribution in [0.2, 0.25) is 0 Å². The summed E-state index contributed by atoms with van der Waals surface area (Å²) < 4.78 is 27.0. The molecule has 1 amide bonds. The number of carbonyl (C=O) groups excluding carboxylic acids is 1. The highest BCUT2D eigenvalue weighted by Crippen LogP contribution is 2.49. The molecule has 0 spiro atoms. The van der Waals surface area contributed by atoms with Crippen molar-refractivity contribution in [1.29, 1.82) is 0 Å². The largest absolute Gasteiger partial charge is 0.326 e. The summed E-state index contributed by atoms with van der Waals surface area (Å²) in [7, 11) is -3.77. The number of aromatic nitrogens is 2. The molecule has 2 fully saturated rings. The lowest BCUT2D eigenvalue weighted by Crippen LogP contribution is -2.20. The van der Waals surface area contributed by atoms with Crippen LogP contribution in [0.25, 0.3) is 0 Å². The average Bonchev–Trinajstić information content (AvgIpc) is 3.25. The molecule has 1 aromatic carbocycles. The van der Waals surface area contributed by atoms with E-state index >= 15 is 0 Å². The molecule has 2 saturated carbocycles. The van der Waals surface area contributed by atoms with Gasteiger partial charge in [-0.3, -0.25) is 4.79 Å². The summed E-state index contributed by atoms with van der Waals surface area (Å²) in [5.41, 5.74) is 0.595. The Morgan fingerprint density at radius 3 is 2.44 bits per heavy atom. The number of benzene rings is 1. The minimum atomic E-state index is -3.77. The fourth-order valence-corrected chi connectivity index (χ4v) is 5.28. The molecule has 2 aromatic rings. The molecule has 2 N–H and O–H groups in total. The van der Waals surface area contributed by atoms with Gasteiger partial charge in [0.25, 0.3) is 10.0 Å². The standard InChI is InChI=1S/C19H22N4O3S/c24-18(12-15-11-13-2-3-14(15)10-13)22-16-4-6-17(7-5-16)27(25,26)23-19-20-8-1-9-21-19/h1,4-9,13-15H,2-3,10-12H2,(H,22,24)(H,20,21,23)/t13-,14-,15+/m0/s1. The lowest BCUT2D eigenvalue weighted by atomic mass is 9.86. The first kappa shape index (κ1) is 17.9. The number of rotatable bonds is 6. The number of sulfonamides is 1. The monoisotopic (exact) mass is 386 g/mol. The zero-order chi connectivity index (χ0) is 18.9. The molecule has 4 rings (SSSR count). The van der Waals surface area contributed by atoms with Crippen LogP contribution in [0.15, 0.2) is 47.6 Å². The Morgan fingerprint density at radius 2 is 1.81 bits per heavy atom. The van der Waals surface area contributed by atoms with E-state index in [2.05, 4.69) is 20.0 Å². The highest BCUT2D eigenvalue weighted by atomic mass is 32.2. The zero-order valence-corrected chi connectivity index (χ0v) is 15.7. The Hall–Kier alpha value is -2.48. The van der Waals surface area contributed by atoms with Crippen molar-refractivity contribution in [2.45, 2.75) is 37.0 Å². The third-order valence-electron chi connectivity index (χ3n) is 5.57. The van der Waals surface area contributed by atoms with Gasteiger partial charge >= 0.3 is 0 Å². The number of amides is 1. The summed E-state index contributed by atoms with van der Waals surface area (Å²) in [5, 5.41) is 2.88. The maximum absolute atomic E-state index is 12.4. The van der Waals surface area contributed by atoms with Crippen molar-refractivity contribution in [3.63, 3.8) is 0 Å². The van der Waals surface area contributed by atoms with E-state index in [1.807, 2.05) is 0 Å². The van der Waals surface area contributed by atoms with Crippen molar-refractivity contribution >= 4 is 27.6 Å². The van der Waals surface area contributed by atoms with Crippen LogP contribution in [-0.4, -0.2) is 24.3 Å². The third kappa shape index (κ3) is 4.10. The number of nitrogens with one attached hydrogen (secondary N) is 2. The Bertz CT molecular complexity index is 916. The molecule has 7 nitrogen and oxygen atoms in total. The van der Waals surface area contributed by atoms with Crippen molar-refractivity contribution in [3.05, 3.63) is 42.7 Å². The second-order valence-corrected chi connectivity index (χ2v) is 9.07. The molecule has 2 aliphatic carbocycles. The smallest absolute Gasteiger partial charge is 0.264 e. The fourth-order valence-electron chi connectivity index (χ4n) is 4.32. The summed E-state index contributed by atoms with van der Waals surface area (Å²) in [6, 6.07) is 7.71. The molecule has 3 atom stereocenters. The van der Waals surface area contributed by atoms with Crippen molar-refractivity contribution in [2.75, 3.05) is 10.0 Å². The van der Waals surface area contributed by atoms with Gasteiger partial charge in [0.05, 0.1) is 4.90 Å². The van der Waals surface area contributed by atoms with Crippen LogP contribution >= 0.6 is 0 Å². The van der Waals surface area contributed by atoms with E-state index < -0.39 is 10.0 Å². The van der Waals surface area contributed by atoms with Crippen LogP contribution in [-0.2, 0) is 14.8 Å². The van der Waals surface area contributed by atoms with Gasteiger partial charge in [0.1, 0.15) is 0 Å². The molecule has 2 bridgehead atoms. The number of nitrogens with zero attached hydrogens (tertiary/aromatic N) is 2. The molecule has 2 aliphatic rings. The highest BCUT2D eigenvalue weighted by Gasteiger charge is 2.40. The molecule has 0 radical (unpaired) electrons. The van der Waals surface area contributed by atoms with Gasteiger partial charge in [0.15, 0.2) is 0 Å². The molecule has 8 heteroatoms. The number of carbonyl (C=O) groups is 1. The van der Waals surface area contributed by atoms with Crippen LogP contribution in [0.3, 0.4) is 0 Å². The minimum Gasteiger partial charge on any atom is -0.326 e. The topological polar surface area (TPSA) is 101 Å². The molecule has 1 aromatic heterocycles. The van der Waals surface area contributed by atoms with Gasteiger partial charge in [0, 0.05) is 24.5 Å². The van der Waals surface area contributed by atoms with Gasteiger partial charge in [-0.1, -0.05) is 6.42 Å². The van der Waals surface area contributed by atoms with Crippen molar-refractivity contribution in [3.8, 4) is 0 Å². The number of hydrogen-bond acceptors (Lipinski definition) is 5. The summed E-state index contributed by atoms with van der Waals surface area (Å²) in [5.74, 6) is 2.04. The normalized spacial score (nSPS) is 23.9. The molecular formula is C19H22N4O3S. The Labute approximate surface area is 158 Å². The van der Waals surface area contributed by atoms with E-state index in [-0.39, 0.29) is 16.8 Å². The Morgan fingerprint density at radius 1 is 1.07 bits per heavy atom. The molecular weight excluding hydrogens is 364 g/mol. The lowest BCUT2D eigenvalue weighted by molar-refractivity contribution is -0.117. The average molecular weight is 386 g/mol. The van der Waals surface area contributed by atoms with E-state index in [0.29, 0.717) is 23.9 Å². The van der Waals surface area contributed by atoms with Crippen LogP contribution in [0, 0.1) is 17.8 Å². The number of hydrogen-bond donors (Lipinski definition) is 2. The fraction of sp³-hybridized carbons (Fsp3) is 0.421. The Kier molecular flexibility index (Phi) is 4.82. The van der Waals surface area contributed by atoms with Crippen molar-refractivity contribution in [1.82, 2.24) is 9.97 Å². The summed E-state index contributed by atoms with van der Waals surface area (Å²) in [6.45, 7) is 0.